The minimum atomic E-state index is -0.403. The minimum absolute atomic E-state index is 0.194. The number of amides is 1. The standard InChI is InChI=1S/C21H15FIN3O3/c1-28-18-5-3-13(8-16(18)23)20-19(26-11-29-20)21(27)25-9-12-2-4-17-14(6-12)7-15(22)10-24-17/h2-8,10-11H,9H2,1H3,(H,25,27). The fourth-order valence-electron chi connectivity index (χ4n) is 2.95. The highest BCUT2D eigenvalue weighted by atomic mass is 127. The SMILES string of the molecule is COc1ccc(-c2ocnc2C(=O)NCc2ccc3ncc(F)cc3c2)cc1I. The number of carbonyl (C=O) groups excluding carboxylic acids is 1. The average Bonchev–Trinajstić information content (AvgIpc) is 3.21. The molecule has 0 bridgehead atoms. The highest BCUT2D eigenvalue weighted by Crippen LogP contribution is 2.29. The Morgan fingerprint density at radius 2 is 2.07 bits per heavy atom. The number of halogens is 2. The van der Waals surface area contributed by atoms with Crippen molar-refractivity contribution in [3.05, 3.63) is 75.7 Å². The van der Waals surface area contributed by atoms with Crippen LogP contribution in [0.1, 0.15) is 16.1 Å². The van der Waals surface area contributed by atoms with Gasteiger partial charge in [-0.05, 0) is 64.6 Å². The monoisotopic (exact) mass is 503 g/mol. The summed E-state index contributed by atoms with van der Waals surface area (Å²) >= 11 is 2.15. The number of ether oxygens (including phenoxy) is 1. The molecule has 0 radical (unpaired) electrons. The summed E-state index contributed by atoms with van der Waals surface area (Å²) in [4.78, 5) is 20.8. The van der Waals surface area contributed by atoms with Crippen molar-refractivity contribution in [1.82, 2.24) is 15.3 Å². The molecule has 8 heteroatoms. The summed E-state index contributed by atoms with van der Waals surface area (Å²) in [6.07, 6.45) is 2.42. The van der Waals surface area contributed by atoms with Crippen LogP contribution in [0.15, 0.2) is 59.5 Å². The first-order valence-corrected chi connectivity index (χ1v) is 9.73. The van der Waals surface area contributed by atoms with Gasteiger partial charge in [0.1, 0.15) is 11.6 Å². The van der Waals surface area contributed by atoms with Crippen LogP contribution < -0.4 is 10.1 Å². The highest BCUT2D eigenvalue weighted by Gasteiger charge is 2.19. The topological polar surface area (TPSA) is 77.2 Å². The first-order chi connectivity index (χ1) is 14.0. The number of hydrogen-bond acceptors (Lipinski definition) is 5. The van der Waals surface area contributed by atoms with Crippen molar-refractivity contribution in [3.63, 3.8) is 0 Å². The maximum Gasteiger partial charge on any atom is 0.274 e. The van der Waals surface area contributed by atoms with Crippen molar-refractivity contribution in [3.8, 4) is 17.1 Å². The Balaban J connectivity index is 1.53. The van der Waals surface area contributed by atoms with Gasteiger partial charge < -0.3 is 14.5 Å². The number of pyridine rings is 1. The molecular weight excluding hydrogens is 488 g/mol. The second kappa shape index (κ2) is 8.16. The van der Waals surface area contributed by atoms with E-state index in [2.05, 4.69) is 37.9 Å². The third-order valence-corrected chi connectivity index (χ3v) is 5.20. The van der Waals surface area contributed by atoms with Crippen LogP contribution in [0.3, 0.4) is 0 Å². The van der Waals surface area contributed by atoms with Crippen molar-refractivity contribution in [2.45, 2.75) is 6.54 Å². The lowest BCUT2D eigenvalue weighted by atomic mass is 10.1. The van der Waals surface area contributed by atoms with Gasteiger partial charge in [-0.15, -0.1) is 0 Å². The van der Waals surface area contributed by atoms with E-state index in [9.17, 15) is 9.18 Å². The Morgan fingerprint density at radius 1 is 1.21 bits per heavy atom. The molecule has 6 nitrogen and oxygen atoms in total. The van der Waals surface area contributed by atoms with Crippen molar-refractivity contribution < 1.29 is 18.3 Å². The molecule has 0 saturated carbocycles. The molecule has 2 heterocycles. The van der Waals surface area contributed by atoms with Crippen LogP contribution in [0.25, 0.3) is 22.2 Å². The molecule has 0 aliphatic rings. The van der Waals surface area contributed by atoms with Gasteiger partial charge >= 0.3 is 0 Å². The quantitative estimate of drug-likeness (QED) is 0.404. The summed E-state index contributed by atoms with van der Waals surface area (Å²) in [5, 5.41) is 3.50. The van der Waals surface area contributed by atoms with E-state index in [1.807, 2.05) is 24.3 Å². The van der Waals surface area contributed by atoms with Crippen LogP contribution in [0.5, 0.6) is 5.75 Å². The zero-order chi connectivity index (χ0) is 20.4. The van der Waals surface area contributed by atoms with Crippen molar-refractivity contribution in [2.24, 2.45) is 0 Å². The van der Waals surface area contributed by atoms with Crippen LogP contribution in [0.4, 0.5) is 4.39 Å². The van der Waals surface area contributed by atoms with Crippen molar-refractivity contribution in [2.75, 3.05) is 7.11 Å². The summed E-state index contributed by atoms with van der Waals surface area (Å²) in [6.45, 7) is 0.262. The Kier molecular flexibility index (Phi) is 5.43. The fraction of sp³-hybridized carbons (Fsp3) is 0.0952. The van der Waals surface area contributed by atoms with Gasteiger partial charge in [-0.2, -0.15) is 0 Å². The number of nitrogens with zero attached hydrogens (tertiary/aromatic N) is 2. The maximum absolute atomic E-state index is 13.4. The summed E-state index contributed by atoms with van der Waals surface area (Å²) in [5.41, 5.74) is 2.43. The third-order valence-electron chi connectivity index (χ3n) is 4.36. The molecule has 0 aliphatic carbocycles. The van der Waals surface area contributed by atoms with Crippen molar-refractivity contribution in [1.29, 1.82) is 0 Å². The highest BCUT2D eigenvalue weighted by molar-refractivity contribution is 14.1. The third kappa shape index (κ3) is 4.07. The van der Waals surface area contributed by atoms with Gasteiger partial charge in [-0.25, -0.2) is 9.37 Å². The maximum atomic E-state index is 13.4. The summed E-state index contributed by atoms with van der Waals surface area (Å²) in [5.74, 6) is 0.354. The van der Waals surface area contributed by atoms with Gasteiger partial charge in [0.2, 0.25) is 0 Å². The van der Waals surface area contributed by atoms with Crippen LogP contribution in [-0.4, -0.2) is 23.0 Å². The minimum Gasteiger partial charge on any atom is -0.496 e. The largest absolute Gasteiger partial charge is 0.496 e. The second-order valence-electron chi connectivity index (χ2n) is 6.24. The Labute approximate surface area is 179 Å². The molecule has 1 amide bonds. The Bertz CT molecular complexity index is 1210. The number of benzene rings is 2. The molecule has 4 aromatic rings. The van der Waals surface area contributed by atoms with Gasteiger partial charge in [0.15, 0.2) is 17.8 Å². The van der Waals surface area contributed by atoms with E-state index < -0.39 is 5.82 Å². The Hall–Kier alpha value is -3.01. The lowest BCUT2D eigenvalue weighted by Gasteiger charge is -2.07. The van der Waals surface area contributed by atoms with E-state index in [0.29, 0.717) is 16.7 Å². The zero-order valence-corrected chi connectivity index (χ0v) is 17.4. The zero-order valence-electron chi connectivity index (χ0n) is 15.3. The van der Waals surface area contributed by atoms with Gasteiger partial charge in [-0.3, -0.25) is 9.78 Å². The summed E-state index contributed by atoms with van der Waals surface area (Å²) in [6, 6.07) is 12.3. The van der Waals surface area contributed by atoms with Crippen molar-refractivity contribution >= 4 is 39.4 Å². The number of nitrogens with one attached hydrogen (secondary N) is 1. The van der Waals surface area contributed by atoms with E-state index in [4.69, 9.17) is 9.15 Å². The molecule has 0 saturated heterocycles. The lowest BCUT2D eigenvalue weighted by molar-refractivity contribution is 0.0947. The van der Waals surface area contributed by atoms with E-state index in [1.54, 1.807) is 19.2 Å². The van der Waals surface area contributed by atoms with Gasteiger partial charge in [0.05, 0.1) is 22.4 Å². The van der Waals surface area contributed by atoms with Crippen LogP contribution >= 0.6 is 22.6 Å². The average molecular weight is 503 g/mol. The molecule has 0 spiro atoms. The van der Waals surface area contributed by atoms with E-state index >= 15 is 0 Å². The normalized spacial score (nSPS) is 10.9. The molecule has 146 valence electrons. The molecule has 1 N–H and O–H groups in total. The molecular formula is C21H15FIN3O3. The number of carbonyl (C=O) groups is 1. The summed E-state index contributed by atoms with van der Waals surface area (Å²) in [7, 11) is 1.60. The van der Waals surface area contributed by atoms with Gasteiger partial charge in [0, 0.05) is 17.5 Å². The molecule has 4 rings (SSSR count). The Morgan fingerprint density at radius 3 is 2.86 bits per heavy atom. The first kappa shape index (κ1) is 19.3. The first-order valence-electron chi connectivity index (χ1n) is 8.65. The molecule has 0 unspecified atom stereocenters. The number of oxazole rings is 1. The molecule has 0 atom stereocenters. The van der Waals surface area contributed by atoms with E-state index in [0.717, 1.165) is 20.4 Å². The predicted octanol–water partition coefficient (Wildman–Crippen LogP) is 4.57. The molecule has 0 fully saturated rings. The smallest absolute Gasteiger partial charge is 0.274 e. The molecule has 2 aromatic carbocycles. The van der Waals surface area contributed by atoms with Gasteiger partial charge in [0.25, 0.3) is 5.91 Å². The number of aromatic nitrogens is 2. The molecule has 29 heavy (non-hydrogen) atoms. The number of rotatable bonds is 5. The second-order valence-corrected chi connectivity index (χ2v) is 7.40. The van der Waals surface area contributed by atoms with E-state index in [-0.39, 0.29) is 18.1 Å². The van der Waals surface area contributed by atoms with Gasteiger partial charge in [-0.1, -0.05) is 6.07 Å². The number of hydrogen-bond donors (Lipinski definition) is 1. The fourth-order valence-corrected chi connectivity index (χ4v) is 3.69. The lowest BCUT2D eigenvalue weighted by Crippen LogP contribution is -2.23. The number of methoxy groups -OCH3 is 1. The van der Waals surface area contributed by atoms with Crippen LogP contribution in [-0.2, 0) is 6.54 Å². The number of fused-ring (bicyclic) bond motifs is 1. The predicted molar refractivity (Wildman–Crippen MR) is 114 cm³/mol. The van der Waals surface area contributed by atoms with Crippen LogP contribution in [0, 0.1) is 9.39 Å². The van der Waals surface area contributed by atoms with Crippen LogP contribution in [0.2, 0.25) is 0 Å². The molecule has 2 aromatic heterocycles. The molecule has 0 aliphatic heterocycles. The summed E-state index contributed by atoms with van der Waals surface area (Å²) < 4.78 is 25.0. The van der Waals surface area contributed by atoms with E-state index in [1.165, 1.54) is 18.7 Å².